The molecule has 1 N–H and O–H groups in total. The number of allylic oxidation sites excluding steroid dienone is 1. The number of amidine groups is 1. The molecule has 114 valence electrons. The first-order valence-corrected chi connectivity index (χ1v) is 8.07. The van der Waals surface area contributed by atoms with Crippen LogP contribution in [0.2, 0.25) is 0 Å². The number of carbonyl (C=O) groups excluding carboxylic acids is 1. The molecule has 0 saturated heterocycles. The maximum atomic E-state index is 12.5. The quantitative estimate of drug-likeness (QED) is 0.653. The summed E-state index contributed by atoms with van der Waals surface area (Å²) in [4.78, 5) is 23.1. The number of anilines is 1. The summed E-state index contributed by atoms with van der Waals surface area (Å²) in [6.07, 6.45) is 4.84. The summed E-state index contributed by atoms with van der Waals surface area (Å²) < 4.78 is 0.948. The second-order valence-electron chi connectivity index (χ2n) is 5.28. The van der Waals surface area contributed by atoms with Gasteiger partial charge in [0, 0.05) is 40.6 Å². The maximum Gasteiger partial charge on any atom is 0.191 e. The summed E-state index contributed by atoms with van der Waals surface area (Å²) >= 11 is 3.56. The maximum absolute atomic E-state index is 12.5. The topological polar surface area (TPSA) is 57.6 Å². The molecule has 3 heterocycles. The van der Waals surface area contributed by atoms with Gasteiger partial charge in [-0.05, 0) is 40.2 Å². The molecule has 6 heteroatoms. The zero-order valence-electron chi connectivity index (χ0n) is 12.2. The molecule has 0 fully saturated rings. The van der Waals surface area contributed by atoms with Gasteiger partial charge < -0.3 is 10.2 Å². The Morgan fingerprint density at radius 3 is 3.04 bits per heavy atom. The summed E-state index contributed by atoms with van der Waals surface area (Å²) in [5, 5.41) is 3.36. The molecular formula is C17H13BrN4O. The highest BCUT2D eigenvalue weighted by atomic mass is 79.9. The molecule has 0 radical (unpaired) electrons. The Hall–Kier alpha value is -2.47. The van der Waals surface area contributed by atoms with Crippen LogP contribution < -0.4 is 5.32 Å². The van der Waals surface area contributed by atoms with Gasteiger partial charge in [0.15, 0.2) is 5.78 Å². The van der Waals surface area contributed by atoms with Crippen LogP contribution in [0.3, 0.4) is 0 Å². The number of nitrogens with zero attached hydrogens (tertiary/aromatic N) is 3. The molecule has 2 aliphatic heterocycles. The van der Waals surface area contributed by atoms with Gasteiger partial charge in [0.05, 0.1) is 12.2 Å². The van der Waals surface area contributed by atoms with E-state index in [4.69, 9.17) is 0 Å². The number of aliphatic imine (C=N–C) groups is 1. The zero-order valence-corrected chi connectivity index (χ0v) is 13.7. The highest BCUT2D eigenvalue weighted by molar-refractivity contribution is 9.10. The third-order valence-corrected chi connectivity index (χ3v) is 4.51. The fourth-order valence-electron chi connectivity index (χ4n) is 2.78. The second-order valence-corrected chi connectivity index (χ2v) is 6.13. The first-order chi connectivity index (χ1) is 11.2. The van der Waals surface area contributed by atoms with Crippen LogP contribution >= 0.6 is 15.9 Å². The summed E-state index contributed by atoms with van der Waals surface area (Å²) in [5.41, 5.74) is 2.55. The minimum Gasteiger partial charge on any atom is -0.340 e. The van der Waals surface area contributed by atoms with E-state index in [-0.39, 0.29) is 5.78 Å². The van der Waals surface area contributed by atoms with Crippen LogP contribution in [-0.2, 0) is 0 Å². The van der Waals surface area contributed by atoms with E-state index in [1.807, 2.05) is 23.1 Å². The molecule has 2 aromatic rings. The smallest absolute Gasteiger partial charge is 0.191 e. The minimum atomic E-state index is -0.0812. The van der Waals surface area contributed by atoms with Crippen LogP contribution in [0.1, 0.15) is 15.9 Å². The van der Waals surface area contributed by atoms with Crippen molar-refractivity contribution in [3.63, 3.8) is 0 Å². The van der Waals surface area contributed by atoms with Crippen LogP contribution in [0, 0.1) is 0 Å². The van der Waals surface area contributed by atoms with Crippen molar-refractivity contribution in [2.45, 2.75) is 0 Å². The standard InChI is InChI=1S/C17H13BrN4O/c18-13-5-1-4-12-16(13)21-15(22-8-7-20-17(12)22)9-14(23)11-3-2-6-19-10-11/h1-6,9-10,21H,7-8H2/b15-9+. The van der Waals surface area contributed by atoms with Crippen molar-refractivity contribution in [3.8, 4) is 0 Å². The Morgan fingerprint density at radius 2 is 2.22 bits per heavy atom. The first kappa shape index (κ1) is 14.1. The van der Waals surface area contributed by atoms with E-state index < -0.39 is 0 Å². The number of hydrogen-bond acceptors (Lipinski definition) is 5. The Kier molecular flexibility index (Phi) is 3.46. The summed E-state index contributed by atoms with van der Waals surface area (Å²) in [7, 11) is 0. The van der Waals surface area contributed by atoms with Crippen molar-refractivity contribution in [3.05, 3.63) is 70.2 Å². The van der Waals surface area contributed by atoms with Gasteiger partial charge in [0.25, 0.3) is 0 Å². The Morgan fingerprint density at radius 1 is 1.30 bits per heavy atom. The first-order valence-electron chi connectivity index (χ1n) is 7.28. The van der Waals surface area contributed by atoms with Crippen molar-refractivity contribution in [2.24, 2.45) is 4.99 Å². The molecule has 0 unspecified atom stereocenters. The predicted octanol–water partition coefficient (Wildman–Crippen LogP) is 3.06. The lowest BCUT2D eigenvalue weighted by atomic mass is 10.1. The molecule has 5 nitrogen and oxygen atoms in total. The zero-order chi connectivity index (χ0) is 15.8. The monoisotopic (exact) mass is 368 g/mol. The minimum absolute atomic E-state index is 0.0812. The van der Waals surface area contributed by atoms with E-state index in [9.17, 15) is 4.79 Å². The number of ketones is 1. The van der Waals surface area contributed by atoms with Gasteiger partial charge in [-0.2, -0.15) is 0 Å². The third-order valence-electron chi connectivity index (χ3n) is 3.85. The van der Waals surface area contributed by atoms with Crippen LogP contribution in [0.5, 0.6) is 0 Å². The van der Waals surface area contributed by atoms with E-state index in [0.717, 1.165) is 40.5 Å². The molecule has 0 amide bonds. The number of halogens is 1. The summed E-state index contributed by atoms with van der Waals surface area (Å²) in [6.45, 7) is 1.49. The van der Waals surface area contributed by atoms with Crippen molar-refractivity contribution >= 4 is 33.2 Å². The number of aromatic nitrogens is 1. The highest BCUT2D eigenvalue weighted by Crippen LogP contribution is 2.35. The average molecular weight is 369 g/mol. The SMILES string of the molecule is O=C(/C=C1\Nc2c(Br)cccc2C2=NCCN21)c1cccnc1. The molecule has 1 aromatic carbocycles. The molecular weight excluding hydrogens is 356 g/mol. The molecule has 0 aliphatic carbocycles. The fraction of sp³-hybridized carbons (Fsp3) is 0.118. The van der Waals surface area contributed by atoms with Gasteiger partial charge in [-0.25, -0.2) is 0 Å². The van der Waals surface area contributed by atoms with Crippen LogP contribution in [0.4, 0.5) is 5.69 Å². The largest absolute Gasteiger partial charge is 0.340 e. The molecule has 4 rings (SSSR count). The molecule has 2 aliphatic rings. The highest BCUT2D eigenvalue weighted by Gasteiger charge is 2.30. The van der Waals surface area contributed by atoms with Gasteiger partial charge >= 0.3 is 0 Å². The Balaban J connectivity index is 1.76. The van der Waals surface area contributed by atoms with Crippen LogP contribution in [-0.4, -0.2) is 34.6 Å². The normalized spacial score (nSPS) is 17.3. The Bertz CT molecular complexity index is 845. The number of hydrogen-bond donors (Lipinski definition) is 1. The predicted molar refractivity (Wildman–Crippen MR) is 92.5 cm³/mol. The number of para-hydroxylation sites is 1. The fourth-order valence-corrected chi connectivity index (χ4v) is 3.24. The number of benzene rings is 1. The van der Waals surface area contributed by atoms with Gasteiger partial charge in [-0.1, -0.05) is 6.07 Å². The van der Waals surface area contributed by atoms with E-state index in [0.29, 0.717) is 5.56 Å². The molecule has 23 heavy (non-hydrogen) atoms. The third kappa shape index (κ3) is 2.45. The van der Waals surface area contributed by atoms with Crippen molar-refractivity contribution in [2.75, 3.05) is 18.4 Å². The summed E-state index contributed by atoms with van der Waals surface area (Å²) in [6, 6.07) is 9.51. The van der Waals surface area contributed by atoms with Gasteiger partial charge in [-0.15, -0.1) is 0 Å². The van der Waals surface area contributed by atoms with E-state index in [2.05, 4.69) is 31.2 Å². The van der Waals surface area contributed by atoms with Crippen LogP contribution in [0.25, 0.3) is 0 Å². The molecule has 0 bridgehead atoms. The second kappa shape index (κ2) is 5.62. The molecule has 1 aromatic heterocycles. The van der Waals surface area contributed by atoms with E-state index in [1.54, 1.807) is 30.6 Å². The van der Waals surface area contributed by atoms with Crippen molar-refractivity contribution in [1.29, 1.82) is 0 Å². The van der Waals surface area contributed by atoms with Gasteiger partial charge in [0.1, 0.15) is 11.7 Å². The number of pyridine rings is 1. The lowest BCUT2D eigenvalue weighted by Crippen LogP contribution is -2.36. The van der Waals surface area contributed by atoms with E-state index >= 15 is 0 Å². The van der Waals surface area contributed by atoms with Gasteiger partial charge in [-0.3, -0.25) is 14.8 Å². The van der Waals surface area contributed by atoms with Crippen molar-refractivity contribution < 1.29 is 4.79 Å². The average Bonchev–Trinajstić information content (AvgIpc) is 3.07. The van der Waals surface area contributed by atoms with Crippen LogP contribution in [0.15, 0.2) is 64.1 Å². The lowest BCUT2D eigenvalue weighted by molar-refractivity contribution is 0.104. The number of carbonyl (C=O) groups is 1. The Labute approximate surface area is 141 Å². The molecule has 0 saturated carbocycles. The van der Waals surface area contributed by atoms with E-state index in [1.165, 1.54) is 0 Å². The molecule has 0 spiro atoms. The molecule has 0 atom stereocenters. The lowest BCUT2D eigenvalue weighted by Gasteiger charge is -2.31. The van der Waals surface area contributed by atoms with Crippen molar-refractivity contribution in [1.82, 2.24) is 9.88 Å². The van der Waals surface area contributed by atoms with Gasteiger partial charge in [0.2, 0.25) is 0 Å². The number of nitrogens with one attached hydrogen (secondary N) is 1. The number of rotatable bonds is 2. The summed E-state index contributed by atoms with van der Waals surface area (Å²) in [5.74, 6) is 1.57. The number of fused-ring (bicyclic) bond motifs is 3.